The summed E-state index contributed by atoms with van der Waals surface area (Å²) in [6.07, 6.45) is 8.54. The molecule has 1 aromatic carbocycles. The standard InChI is InChI=1S/C24H32N4O2/c29-24(18-5-4-14-28(17-18)19-9-15-30-16-10-19)26-21-7-8-22(27-12-1-2-13-27)23-20(21)6-3-11-25-23/h3,6-8,11,18-19H,1-2,4-5,9-10,12-17H2,(H,26,29). The minimum atomic E-state index is 0.0478. The maximum Gasteiger partial charge on any atom is 0.228 e. The van der Waals surface area contributed by atoms with Gasteiger partial charge in [0.05, 0.1) is 22.8 Å². The van der Waals surface area contributed by atoms with E-state index in [2.05, 4.69) is 38.3 Å². The molecule has 6 heteroatoms. The first kappa shape index (κ1) is 19.8. The van der Waals surface area contributed by atoms with Crippen LogP contribution >= 0.6 is 0 Å². The number of ether oxygens (including phenoxy) is 1. The van der Waals surface area contributed by atoms with Gasteiger partial charge in [-0.3, -0.25) is 14.7 Å². The largest absolute Gasteiger partial charge is 0.381 e. The Morgan fingerprint density at radius 1 is 1.03 bits per heavy atom. The summed E-state index contributed by atoms with van der Waals surface area (Å²) in [5.41, 5.74) is 3.06. The van der Waals surface area contributed by atoms with Gasteiger partial charge >= 0.3 is 0 Å². The number of carbonyl (C=O) groups is 1. The van der Waals surface area contributed by atoms with Crippen LogP contribution in [0.2, 0.25) is 0 Å². The van der Waals surface area contributed by atoms with Gasteiger partial charge in [-0.25, -0.2) is 0 Å². The second kappa shape index (κ2) is 8.90. The molecule has 0 radical (unpaired) electrons. The molecular weight excluding hydrogens is 376 g/mol. The number of piperidine rings is 1. The smallest absolute Gasteiger partial charge is 0.228 e. The average molecular weight is 409 g/mol. The highest BCUT2D eigenvalue weighted by atomic mass is 16.5. The Hall–Kier alpha value is -2.18. The van der Waals surface area contributed by atoms with Crippen molar-refractivity contribution in [2.24, 2.45) is 5.92 Å². The first-order chi connectivity index (χ1) is 14.8. The molecule has 3 saturated heterocycles. The van der Waals surface area contributed by atoms with Crippen LogP contribution in [0.3, 0.4) is 0 Å². The zero-order valence-electron chi connectivity index (χ0n) is 17.7. The summed E-state index contributed by atoms with van der Waals surface area (Å²) in [4.78, 5) is 22.8. The molecule has 30 heavy (non-hydrogen) atoms. The average Bonchev–Trinajstić information content (AvgIpc) is 3.35. The Bertz CT molecular complexity index is 890. The van der Waals surface area contributed by atoms with E-state index in [-0.39, 0.29) is 11.8 Å². The van der Waals surface area contributed by atoms with Gasteiger partial charge in [0.15, 0.2) is 0 Å². The molecule has 0 spiro atoms. The summed E-state index contributed by atoms with van der Waals surface area (Å²) in [5.74, 6) is 0.192. The number of aromatic nitrogens is 1. The minimum absolute atomic E-state index is 0.0478. The summed E-state index contributed by atoms with van der Waals surface area (Å²) in [6, 6.07) is 8.80. The van der Waals surface area contributed by atoms with Crippen molar-refractivity contribution >= 4 is 28.2 Å². The maximum atomic E-state index is 13.2. The Kier molecular flexibility index (Phi) is 5.86. The third-order valence-electron chi connectivity index (χ3n) is 6.98. The Morgan fingerprint density at radius 2 is 1.87 bits per heavy atom. The molecule has 0 aliphatic carbocycles. The summed E-state index contributed by atoms with van der Waals surface area (Å²) < 4.78 is 5.52. The van der Waals surface area contributed by atoms with Crippen LogP contribution in [0, 0.1) is 5.92 Å². The fourth-order valence-electron chi connectivity index (χ4n) is 5.32. The van der Waals surface area contributed by atoms with E-state index in [0.717, 1.165) is 81.7 Å². The molecule has 2 aromatic rings. The number of anilines is 2. The van der Waals surface area contributed by atoms with Crippen molar-refractivity contribution in [3.63, 3.8) is 0 Å². The highest BCUT2D eigenvalue weighted by molar-refractivity contribution is 6.05. The monoisotopic (exact) mass is 408 g/mol. The molecular formula is C24H32N4O2. The SMILES string of the molecule is O=C(Nc1ccc(N2CCCC2)c2ncccc12)C1CCCN(C2CCOCC2)C1. The molecule has 4 heterocycles. The summed E-state index contributed by atoms with van der Waals surface area (Å²) in [5, 5.41) is 4.28. The molecule has 3 aliphatic heterocycles. The van der Waals surface area contributed by atoms with Crippen molar-refractivity contribution in [3.05, 3.63) is 30.5 Å². The van der Waals surface area contributed by atoms with E-state index in [1.807, 2.05) is 12.3 Å². The van der Waals surface area contributed by atoms with Crippen LogP contribution in [0.5, 0.6) is 0 Å². The second-order valence-corrected chi connectivity index (χ2v) is 8.89. The Labute approximate surface area is 178 Å². The van der Waals surface area contributed by atoms with Gasteiger partial charge < -0.3 is 15.0 Å². The molecule has 1 amide bonds. The lowest BCUT2D eigenvalue weighted by molar-refractivity contribution is -0.122. The van der Waals surface area contributed by atoms with Gasteiger partial charge in [0, 0.05) is 50.5 Å². The fourth-order valence-corrected chi connectivity index (χ4v) is 5.32. The van der Waals surface area contributed by atoms with E-state index in [0.29, 0.717) is 6.04 Å². The number of hydrogen-bond donors (Lipinski definition) is 1. The highest BCUT2D eigenvalue weighted by Crippen LogP contribution is 2.33. The fraction of sp³-hybridized carbons (Fsp3) is 0.583. The molecule has 5 rings (SSSR count). The van der Waals surface area contributed by atoms with Crippen LogP contribution < -0.4 is 10.2 Å². The topological polar surface area (TPSA) is 57.7 Å². The number of carbonyl (C=O) groups excluding carboxylic acids is 1. The number of rotatable bonds is 4. The van der Waals surface area contributed by atoms with Crippen LogP contribution in [-0.4, -0.2) is 61.2 Å². The molecule has 1 atom stereocenters. The number of likely N-dealkylation sites (tertiary alicyclic amines) is 1. The third kappa shape index (κ3) is 4.03. The van der Waals surface area contributed by atoms with Crippen molar-refractivity contribution in [2.45, 2.75) is 44.6 Å². The van der Waals surface area contributed by atoms with Crippen molar-refractivity contribution in [1.82, 2.24) is 9.88 Å². The number of nitrogens with one attached hydrogen (secondary N) is 1. The van der Waals surface area contributed by atoms with Crippen molar-refractivity contribution in [2.75, 3.05) is 49.6 Å². The van der Waals surface area contributed by atoms with E-state index in [9.17, 15) is 4.79 Å². The predicted molar refractivity (Wildman–Crippen MR) is 120 cm³/mol. The quantitative estimate of drug-likeness (QED) is 0.837. The minimum Gasteiger partial charge on any atom is -0.381 e. The van der Waals surface area contributed by atoms with Crippen LogP contribution in [0.4, 0.5) is 11.4 Å². The first-order valence-corrected chi connectivity index (χ1v) is 11.5. The lowest BCUT2D eigenvalue weighted by atomic mass is 9.94. The summed E-state index contributed by atoms with van der Waals surface area (Å²) >= 11 is 0. The highest BCUT2D eigenvalue weighted by Gasteiger charge is 2.31. The molecule has 1 N–H and O–H groups in total. The molecule has 3 aliphatic rings. The normalized spacial score (nSPS) is 23.7. The van der Waals surface area contributed by atoms with E-state index in [1.54, 1.807) is 0 Å². The molecule has 1 aromatic heterocycles. The van der Waals surface area contributed by atoms with E-state index in [4.69, 9.17) is 4.74 Å². The van der Waals surface area contributed by atoms with Gasteiger partial charge in [-0.05, 0) is 69.3 Å². The molecule has 0 bridgehead atoms. The van der Waals surface area contributed by atoms with E-state index < -0.39 is 0 Å². The van der Waals surface area contributed by atoms with Crippen LogP contribution in [0.1, 0.15) is 38.5 Å². The number of fused-ring (bicyclic) bond motifs is 1. The lowest BCUT2D eigenvalue weighted by Crippen LogP contribution is -2.47. The van der Waals surface area contributed by atoms with Crippen LogP contribution in [0.15, 0.2) is 30.5 Å². The van der Waals surface area contributed by atoms with E-state index >= 15 is 0 Å². The molecule has 6 nitrogen and oxygen atoms in total. The maximum absolute atomic E-state index is 13.2. The molecule has 1 unspecified atom stereocenters. The van der Waals surface area contributed by atoms with E-state index in [1.165, 1.54) is 18.5 Å². The van der Waals surface area contributed by atoms with Crippen molar-refractivity contribution < 1.29 is 9.53 Å². The van der Waals surface area contributed by atoms with Gasteiger partial charge in [-0.15, -0.1) is 0 Å². The molecule has 3 fully saturated rings. The van der Waals surface area contributed by atoms with Gasteiger partial charge in [0.1, 0.15) is 0 Å². The second-order valence-electron chi connectivity index (χ2n) is 8.89. The third-order valence-corrected chi connectivity index (χ3v) is 6.98. The Balaban J connectivity index is 1.32. The van der Waals surface area contributed by atoms with Gasteiger partial charge in [-0.1, -0.05) is 0 Å². The number of nitrogens with zero attached hydrogens (tertiary/aromatic N) is 3. The number of benzene rings is 1. The lowest BCUT2D eigenvalue weighted by Gasteiger charge is -2.39. The van der Waals surface area contributed by atoms with Crippen LogP contribution in [0.25, 0.3) is 10.9 Å². The molecule has 160 valence electrons. The van der Waals surface area contributed by atoms with Gasteiger partial charge in [0.25, 0.3) is 0 Å². The number of amides is 1. The molecule has 0 saturated carbocycles. The number of hydrogen-bond acceptors (Lipinski definition) is 5. The zero-order chi connectivity index (χ0) is 20.3. The van der Waals surface area contributed by atoms with Crippen molar-refractivity contribution in [1.29, 1.82) is 0 Å². The predicted octanol–water partition coefficient (Wildman–Crippen LogP) is 3.66. The summed E-state index contributed by atoms with van der Waals surface area (Å²) in [7, 11) is 0. The van der Waals surface area contributed by atoms with Crippen molar-refractivity contribution in [3.8, 4) is 0 Å². The van der Waals surface area contributed by atoms with Gasteiger partial charge in [0.2, 0.25) is 5.91 Å². The number of pyridine rings is 1. The van der Waals surface area contributed by atoms with Crippen LogP contribution in [-0.2, 0) is 9.53 Å². The van der Waals surface area contributed by atoms with Gasteiger partial charge in [-0.2, -0.15) is 0 Å². The first-order valence-electron chi connectivity index (χ1n) is 11.5. The Morgan fingerprint density at radius 3 is 2.70 bits per heavy atom. The summed E-state index contributed by atoms with van der Waals surface area (Å²) in [6.45, 7) is 5.83. The zero-order valence-corrected chi connectivity index (χ0v) is 17.7.